The van der Waals surface area contributed by atoms with E-state index in [1.165, 1.54) is 12.7 Å². The first-order valence-electron chi connectivity index (χ1n) is 7.21. The first-order valence-corrected chi connectivity index (χ1v) is 9.99. The van der Waals surface area contributed by atoms with Crippen LogP contribution in [0, 0.1) is 0 Å². The number of carbonyl (C=O) groups excluding carboxylic acids is 1. The molecule has 0 saturated heterocycles. The molecule has 1 unspecified atom stereocenters. The summed E-state index contributed by atoms with van der Waals surface area (Å²) in [7, 11) is -0.00429. The van der Waals surface area contributed by atoms with E-state index in [-0.39, 0.29) is 11.8 Å². The van der Waals surface area contributed by atoms with Gasteiger partial charge in [0, 0.05) is 6.42 Å². The molecule has 0 radical (unpaired) electrons. The third-order valence-electron chi connectivity index (χ3n) is 3.18. The highest BCUT2D eigenvalue weighted by Gasteiger charge is 2.21. The first-order chi connectivity index (χ1) is 9.65. The zero-order valence-electron chi connectivity index (χ0n) is 13.8. The second-order valence-electron chi connectivity index (χ2n) is 6.48. The van der Waals surface area contributed by atoms with Crippen LogP contribution in [0.5, 0.6) is 5.75 Å². The van der Waals surface area contributed by atoms with Crippen LogP contribution in [0.15, 0.2) is 18.2 Å². The van der Waals surface area contributed by atoms with Gasteiger partial charge in [0.1, 0.15) is 5.75 Å². The van der Waals surface area contributed by atoms with Gasteiger partial charge in [0.05, 0.1) is 7.11 Å². The Labute approximate surface area is 128 Å². The van der Waals surface area contributed by atoms with Gasteiger partial charge in [-0.1, -0.05) is 32.9 Å². The molecule has 0 aliphatic rings. The third-order valence-corrected chi connectivity index (χ3v) is 3.91. The van der Waals surface area contributed by atoms with E-state index in [9.17, 15) is 9.90 Å². The maximum atomic E-state index is 11.4. The Kier molecular flexibility index (Phi) is 5.98. The van der Waals surface area contributed by atoms with E-state index >= 15 is 0 Å². The van der Waals surface area contributed by atoms with Crippen LogP contribution >= 0.6 is 0 Å². The fourth-order valence-electron chi connectivity index (χ4n) is 1.98. The number of methoxy groups -OCH3 is 1. The van der Waals surface area contributed by atoms with Crippen LogP contribution in [0.3, 0.4) is 0 Å². The van der Waals surface area contributed by atoms with Gasteiger partial charge in [0.15, 0.2) is 6.10 Å². The number of hydrogen-bond acceptors (Lipinski definition) is 4. The molecule has 0 bridgehead atoms. The van der Waals surface area contributed by atoms with Crippen molar-refractivity contribution < 1.29 is 19.1 Å². The molecule has 0 fully saturated rings. The van der Waals surface area contributed by atoms with Crippen molar-refractivity contribution in [2.45, 2.75) is 51.8 Å². The second kappa shape index (κ2) is 7.09. The Hall–Kier alpha value is -1.33. The average molecular weight is 310 g/mol. The van der Waals surface area contributed by atoms with Crippen molar-refractivity contribution in [3.05, 3.63) is 29.3 Å². The lowest BCUT2D eigenvalue weighted by molar-refractivity contribution is -0.150. The van der Waals surface area contributed by atoms with Crippen molar-refractivity contribution in [2.24, 2.45) is 0 Å². The summed E-state index contributed by atoms with van der Waals surface area (Å²) in [4.78, 5) is 11.4. The smallest absolute Gasteiger partial charge is 0.335 e. The van der Waals surface area contributed by atoms with Gasteiger partial charge in [0.2, 0.25) is 9.04 Å². The van der Waals surface area contributed by atoms with Crippen LogP contribution < -0.4 is 4.43 Å². The van der Waals surface area contributed by atoms with Gasteiger partial charge in [-0.2, -0.15) is 0 Å². The molecular weight excluding hydrogens is 284 g/mol. The van der Waals surface area contributed by atoms with Crippen molar-refractivity contribution in [1.29, 1.82) is 0 Å². The molecule has 1 aromatic carbocycles. The molecule has 1 atom stereocenters. The molecule has 4 nitrogen and oxygen atoms in total. The van der Waals surface area contributed by atoms with E-state index in [2.05, 4.69) is 38.6 Å². The third kappa shape index (κ3) is 5.17. The van der Waals surface area contributed by atoms with Crippen LogP contribution in [0.25, 0.3) is 0 Å². The fourth-order valence-corrected chi connectivity index (χ4v) is 2.71. The zero-order valence-corrected chi connectivity index (χ0v) is 14.9. The summed E-state index contributed by atoms with van der Waals surface area (Å²) in [6, 6.07) is 5.97. The SMILES string of the molecule is COC(=O)C(O)Cc1ccc(C(C)(C)C)cc1O[SiH](C)C. The summed E-state index contributed by atoms with van der Waals surface area (Å²) in [5.74, 6) is 0.148. The summed E-state index contributed by atoms with van der Waals surface area (Å²) in [6.45, 7) is 10.6. The highest BCUT2D eigenvalue weighted by molar-refractivity contribution is 6.49. The van der Waals surface area contributed by atoms with Gasteiger partial charge >= 0.3 is 5.97 Å². The quantitative estimate of drug-likeness (QED) is 0.670. The molecule has 1 rings (SSSR count). The van der Waals surface area contributed by atoms with Gasteiger partial charge in [-0.3, -0.25) is 0 Å². The molecule has 1 N–H and O–H groups in total. The van der Waals surface area contributed by atoms with Crippen LogP contribution in [-0.4, -0.2) is 33.3 Å². The lowest BCUT2D eigenvalue weighted by Crippen LogP contribution is -2.25. The monoisotopic (exact) mass is 310 g/mol. The molecule has 1 aromatic rings. The molecule has 5 heteroatoms. The topological polar surface area (TPSA) is 55.8 Å². The second-order valence-corrected chi connectivity index (χ2v) is 8.82. The van der Waals surface area contributed by atoms with E-state index in [0.717, 1.165) is 11.3 Å². The number of ether oxygens (including phenoxy) is 1. The number of esters is 1. The standard InChI is InChI=1S/C16H26O4Si/c1-16(2,3)12-8-7-11(9-13(17)15(18)19-4)14(10-12)20-21(5)6/h7-8,10,13,17,21H,9H2,1-6H3. The minimum Gasteiger partial charge on any atom is -0.547 e. The normalized spacial score (nSPS) is 13.1. The predicted octanol–water partition coefficient (Wildman–Crippen LogP) is 2.42. The molecule has 0 amide bonds. The minimum atomic E-state index is -1.27. The summed E-state index contributed by atoms with van der Waals surface area (Å²) < 4.78 is 10.5. The van der Waals surface area contributed by atoms with E-state index < -0.39 is 21.1 Å². The van der Waals surface area contributed by atoms with Gasteiger partial charge in [-0.15, -0.1) is 0 Å². The average Bonchev–Trinajstić information content (AvgIpc) is 2.37. The maximum absolute atomic E-state index is 11.4. The van der Waals surface area contributed by atoms with Crippen molar-refractivity contribution in [3.8, 4) is 5.75 Å². The van der Waals surface area contributed by atoms with Gasteiger partial charge < -0.3 is 14.3 Å². The highest BCUT2D eigenvalue weighted by Crippen LogP contribution is 2.29. The van der Waals surface area contributed by atoms with Crippen molar-refractivity contribution in [1.82, 2.24) is 0 Å². The van der Waals surface area contributed by atoms with E-state index in [4.69, 9.17) is 4.43 Å². The molecule has 21 heavy (non-hydrogen) atoms. The van der Waals surface area contributed by atoms with Gasteiger partial charge in [-0.25, -0.2) is 4.79 Å². The number of rotatable bonds is 5. The molecule has 0 aliphatic heterocycles. The molecule has 0 aliphatic carbocycles. The Morgan fingerprint density at radius 3 is 2.43 bits per heavy atom. The van der Waals surface area contributed by atoms with E-state index in [1.807, 2.05) is 18.2 Å². The summed E-state index contributed by atoms with van der Waals surface area (Å²) in [5, 5.41) is 9.84. The number of aliphatic hydroxyl groups excluding tert-OH is 1. The number of benzene rings is 1. The lowest BCUT2D eigenvalue weighted by Gasteiger charge is -2.23. The van der Waals surface area contributed by atoms with E-state index in [1.54, 1.807) is 0 Å². The molecule has 0 heterocycles. The predicted molar refractivity (Wildman–Crippen MR) is 86.4 cm³/mol. The number of hydrogen-bond donors (Lipinski definition) is 1. The summed E-state index contributed by atoms with van der Waals surface area (Å²) >= 11 is 0. The maximum Gasteiger partial charge on any atom is 0.335 e. The Balaban J connectivity index is 3.10. The molecule has 0 aromatic heterocycles. The van der Waals surface area contributed by atoms with Crippen LogP contribution in [0.2, 0.25) is 13.1 Å². The Morgan fingerprint density at radius 1 is 1.33 bits per heavy atom. The number of aliphatic hydroxyl groups is 1. The summed E-state index contributed by atoms with van der Waals surface area (Å²) in [6.07, 6.45) is -0.959. The largest absolute Gasteiger partial charge is 0.547 e. The molecule has 118 valence electrons. The zero-order chi connectivity index (χ0) is 16.2. The Morgan fingerprint density at radius 2 is 1.95 bits per heavy atom. The molecule has 0 spiro atoms. The van der Waals surface area contributed by atoms with Crippen molar-refractivity contribution in [3.63, 3.8) is 0 Å². The van der Waals surface area contributed by atoms with E-state index in [0.29, 0.717) is 0 Å². The van der Waals surface area contributed by atoms with Gasteiger partial charge in [-0.05, 0) is 35.7 Å². The molecule has 0 saturated carbocycles. The number of carbonyl (C=O) groups is 1. The van der Waals surface area contributed by atoms with Crippen molar-refractivity contribution in [2.75, 3.05) is 7.11 Å². The van der Waals surface area contributed by atoms with Crippen LogP contribution in [-0.2, 0) is 21.4 Å². The minimum absolute atomic E-state index is 0.0239. The first kappa shape index (κ1) is 17.7. The van der Waals surface area contributed by atoms with Crippen LogP contribution in [0.4, 0.5) is 0 Å². The molecular formula is C16H26O4Si. The Bertz CT molecular complexity index is 492. The van der Waals surface area contributed by atoms with Crippen molar-refractivity contribution >= 4 is 15.0 Å². The summed E-state index contributed by atoms with van der Waals surface area (Å²) in [5.41, 5.74) is 2.03. The highest BCUT2D eigenvalue weighted by atomic mass is 28.3. The fraction of sp³-hybridized carbons (Fsp3) is 0.562. The van der Waals surface area contributed by atoms with Crippen LogP contribution in [0.1, 0.15) is 31.9 Å². The lowest BCUT2D eigenvalue weighted by atomic mass is 9.86. The van der Waals surface area contributed by atoms with Gasteiger partial charge in [0.25, 0.3) is 0 Å².